The Morgan fingerprint density at radius 1 is 1.27 bits per heavy atom. The Balaban J connectivity index is 1.71. The van der Waals surface area contributed by atoms with E-state index in [1.54, 1.807) is 7.05 Å². The molecular formula is C17H35N5O3S. The highest BCUT2D eigenvalue weighted by atomic mass is 32.2. The van der Waals surface area contributed by atoms with Crippen LogP contribution < -0.4 is 15.4 Å². The Kier molecular flexibility index (Phi) is 7.69. The van der Waals surface area contributed by atoms with E-state index in [1.807, 2.05) is 13.8 Å². The van der Waals surface area contributed by atoms with Gasteiger partial charge in [0.15, 0.2) is 5.96 Å². The van der Waals surface area contributed by atoms with Gasteiger partial charge in [0.05, 0.1) is 12.9 Å². The average Bonchev–Trinajstić information content (AvgIpc) is 3.04. The van der Waals surface area contributed by atoms with E-state index in [-0.39, 0.29) is 0 Å². The van der Waals surface area contributed by atoms with Gasteiger partial charge in [0.1, 0.15) is 0 Å². The van der Waals surface area contributed by atoms with Crippen molar-refractivity contribution in [3.8, 4) is 0 Å². The summed E-state index contributed by atoms with van der Waals surface area (Å²) in [6.07, 6.45) is 4.53. The summed E-state index contributed by atoms with van der Waals surface area (Å²) < 4.78 is 31.0. The highest BCUT2D eigenvalue weighted by molar-refractivity contribution is 7.88. The van der Waals surface area contributed by atoms with Gasteiger partial charge in [-0.1, -0.05) is 0 Å². The van der Waals surface area contributed by atoms with E-state index >= 15 is 0 Å². The van der Waals surface area contributed by atoms with Crippen molar-refractivity contribution in [2.75, 3.05) is 52.7 Å². The molecule has 3 N–H and O–H groups in total. The van der Waals surface area contributed by atoms with E-state index in [1.165, 1.54) is 12.7 Å². The molecule has 1 atom stereocenters. The van der Waals surface area contributed by atoms with Crippen molar-refractivity contribution in [2.24, 2.45) is 10.9 Å². The summed E-state index contributed by atoms with van der Waals surface area (Å²) in [5.41, 5.74) is -0.585. The van der Waals surface area contributed by atoms with Crippen molar-refractivity contribution >= 4 is 16.0 Å². The van der Waals surface area contributed by atoms with E-state index in [9.17, 15) is 8.42 Å². The fraction of sp³-hybridized carbons (Fsp3) is 0.941. The highest BCUT2D eigenvalue weighted by Gasteiger charge is 2.25. The molecule has 0 bridgehead atoms. The third kappa shape index (κ3) is 7.77. The van der Waals surface area contributed by atoms with Crippen LogP contribution in [-0.4, -0.2) is 83.6 Å². The van der Waals surface area contributed by atoms with E-state index in [2.05, 4.69) is 25.2 Å². The van der Waals surface area contributed by atoms with Gasteiger partial charge in [-0.15, -0.1) is 0 Å². The summed E-state index contributed by atoms with van der Waals surface area (Å²) in [6.45, 7) is 9.30. The molecule has 0 amide bonds. The normalized spacial score (nSPS) is 24.0. The first-order valence-corrected chi connectivity index (χ1v) is 11.3. The van der Waals surface area contributed by atoms with Gasteiger partial charge in [-0.2, -0.15) is 0 Å². The molecule has 0 spiro atoms. The molecule has 8 nitrogen and oxygen atoms in total. The van der Waals surface area contributed by atoms with Crippen LogP contribution in [0.15, 0.2) is 4.99 Å². The third-order valence-corrected chi connectivity index (χ3v) is 5.78. The summed E-state index contributed by atoms with van der Waals surface area (Å²) in [5, 5.41) is 6.70. The van der Waals surface area contributed by atoms with E-state index in [0.29, 0.717) is 18.5 Å². The number of likely N-dealkylation sites (tertiary alicyclic amines) is 1. The maximum atomic E-state index is 11.4. The van der Waals surface area contributed by atoms with Crippen LogP contribution in [0.25, 0.3) is 0 Å². The van der Waals surface area contributed by atoms with Gasteiger partial charge < -0.3 is 20.3 Å². The lowest BCUT2D eigenvalue weighted by atomic mass is 10.0. The van der Waals surface area contributed by atoms with Crippen LogP contribution in [0.2, 0.25) is 0 Å². The standard InChI is InChI=1S/C17H35N5O3S/c1-17(2,21-26(4,23)24)13-19-16(18-3)20-15-5-8-22(9-6-15)11-14-7-10-25-12-14/h14-15,21H,5-13H2,1-4H3,(H2,18,19,20). The molecule has 2 aliphatic heterocycles. The van der Waals surface area contributed by atoms with Crippen LogP contribution in [-0.2, 0) is 14.8 Å². The zero-order valence-electron chi connectivity index (χ0n) is 16.5. The minimum absolute atomic E-state index is 0.392. The molecule has 1 unspecified atom stereocenters. The molecule has 2 saturated heterocycles. The fourth-order valence-electron chi connectivity index (χ4n) is 3.58. The minimum Gasteiger partial charge on any atom is -0.381 e. The number of guanidine groups is 1. The smallest absolute Gasteiger partial charge is 0.209 e. The molecule has 152 valence electrons. The summed E-state index contributed by atoms with van der Waals surface area (Å²) in [5.74, 6) is 1.41. The summed E-state index contributed by atoms with van der Waals surface area (Å²) in [7, 11) is -1.51. The molecule has 2 aliphatic rings. The van der Waals surface area contributed by atoms with Gasteiger partial charge in [0, 0.05) is 51.4 Å². The molecule has 9 heteroatoms. The van der Waals surface area contributed by atoms with Crippen molar-refractivity contribution in [1.29, 1.82) is 0 Å². The lowest BCUT2D eigenvalue weighted by molar-refractivity contribution is 0.150. The molecule has 0 radical (unpaired) electrons. The molecular weight excluding hydrogens is 354 g/mol. The summed E-state index contributed by atoms with van der Waals surface area (Å²) in [4.78, 5) is 6.81. The Morgan fingerprint density at radius 3 is 2.50 bits per heavy atom. The SMILES string of the molecule is CN=C(NCC(C)(C)NS(C)(=O)=O)NC1CCN(CC2CCOC2)CC1. The second-order valence-electron chi connectivity index (χ2n) is 8.13. The first kappa shape index (κ1) is 21.4. The monoisotopic (exact) mass is 389 g/mol. The van der Waals surface area contributed by atoms with Crippen LogP contribution in [0.1, 0.15) is 33.1 Å². The van der Waals surface area contributed by atoms with Gasteiger partial charge in [-0.3, -0.25) is 4.99 Å². The zero-order chi connectivity index (χ0) is 19.2. The maximum absolute atomic E-state index is 11.4. The third-order valence-electron chi connectivity index (χ3n) is 4.85. The summed E-state index contributed by atoms with van der Waals surface area (Å²) >= 11 is 0. The molecule has 2 heterocycles. The first-order valence-electron chi connectivity index (χ1n) is 9.43. The van der Waals surface area contributed by atoms with Crippen LogP contribution in [0, 0.1) is 5.92 Å². The van der Waals surface area contributed by atoms with Crippen molar-refractivity contribution < 1.29 is 13.2 Å². The number of sulfonamides is 1. The number of aliphatic imine (C=N–C) groups is 1. The molecule has 0 aromatic heterocycles. The minimum atomic E-state index is -3.24. The zero-order valence-corrected chi connectivity index (χ0v) is 17.4. The lowest BCUT2D eigenvalue weighted by Gasteiger charge is -2.34. The molecule has 0 aromatic carbocycles. The molecule has 26 heavy (non-hydrogen) atoms. The van der Waals surface area contributed by atoms with Gasteiger partial charge in [-0.05, 0) is 39.0 Å². The van der Waals surface area contributed by atoms with E-state index < -0.39 is 15.6 Å². The molecule has 2 rings (SSSR count). The number of hydrogen-bond donors (Lipinski definition) is 3. The molecule has 2 fully saturated rings. The van der Waals surface area contributed by atoms with Crippen LogP contribution in [0.4, 0.5) is 0 Å². The topological polar surface area (TPSA) is 95.1 Å². The van der Waals surface area contributed by atoms with Gasteiger partial charge >= 0.3 is 0 Å². The van der Waals surface area contributed by atoms with E-state index in [0.717, 1.165) is 51.6 Å². The molecule has 0 saturated carbocycles. The second kappa shape index (κ2) is 9.34. The number of piperidine rings is 1. The van der Waals surface area contributed by atoms with Crippen molar-refractivity contribution in [1.82, 2.24) is 20.3 Å². The van der Waals surface area contributed by atoms with Crippen molar-refractivity contribution in [2.45, 2.75) is 44.7 Å². The number of ether oxygens (including phenoxy) is 1. The largest absolute Gasteiger partial charge is 0.381 e. The Labute approximate surface area is 158 Å². The maximum Gasteiger partial charge on any atom is 0.209 e. The number of nitrogens with zero attached hydrogens (tertiary/aromatic N) is 2. The molecule has 0 aliphatic carbocycles. The van der Waals surface area contributed by atoms with Crippen molar-refractivity contribution in [3.05, 3.63) is 0 Å². The predicted molar refractivity (Wildman–Crippen MR) is 105 cm³/mol. The highest BCUT2D eigenvalue weighted by Crippen LogP contribution is 2.17. The number of rotatable bonds is 7. The lowest BCUT2D eigenvalue weighted by Crippen LogP contribution is -2.55. The Hall–Kier alpha value is -0.900. The molecule has 0 aromatic rings. The number of nitrogens with one attached hydrogen (secondary N) is 3. The average molecular weight is 390 g/mol. The van der Waals surface area contributed by atoms with Crippen molar-refractivity contribution in [3.63, 3.8) is 0 Å². The van der Waals surface area contributed by atoms with E-state index in [4.69, 9.17) is 4.74 Å². The summed E-state index contributed by atoms with van der Waals surface area (Å²) in [6, 6.07) is 0.392. The van der Waals surface area contributed by atoms with Crippen LogP contribution in [0.5, 0.6) is 0 Å². The number of hydrogen-bond acceptors (Lipinski definition) is 5. The van der Waals surface area contributed by atoms with Gasteiger partial charge in [0.2, 0.25) is 10.0 Å². The van der Waals surface area contributed by atoms with Gasteiger partial charge in [-0.25, -0.2) is 13.1 Å². The van der Waals surface area contributed by atoms with Crippen LogP contribution >= 0.6 is 0 Å². The first-order chi connectivity index (χ1) is 12.2. The van der Waals surface area contributed by atoms with Gasteiger partial charge in [0.25, 0.3) is 0 Å². The Bertz CT molecular complexity index is 565. The quantitative estimate of drug-likeness (QED) is 0.418. The van der Waals surface area contributed by atoms with Crippen LogP contribution in [0.3, 0.4) is 0 Å². The predicted octanol–water partition coefficient (Wildman–Crippen LogP) is -0.0199. The Morgan fingerprint density at radius 2 is 1.96 bits per heavy atom. The second-order valence-corrected chi connectivity index (χ2v) is 9.88. The fourth-order valence-corrected chi connectivity index (χ4v) is 4.66.